The summed E-state index contributed by atoms with van der Waals surface area (Å²) < 4.78 is 0. The van der Waals surface area contributed by atoms with E-state index in [-0.39, 0.29) is 0 Å². The van der Waals surface area contributed by atoms with E-state index < -0.39 is 0 Å². The predicted molar refractivity (Wildman–Crippen MR) is 152 cm³/mol. The van der Waals surface area contributed by atoms with Crippen LogP contribution in [0.3, 0.4) is 0 Å². The van der Waals surface area contributed by atoms with E-state index in [9.17, 15) is 0 Å². The number of H-pyrrole nitrogens is 2. The molecule has 2 bridgehead atoms. The Bertz CT molecular complexity index is 746. The zero-order valence-electron chi connectivity index (χ0n) is 23.1. The van der Waals surface area contributed by atoms with Gasteiger partial charge in [0.2, 0.25) is 0 Å². The Hall–Kier alpha value is -1.90. The van der Waals surface area contributed by atoms with Crippen LogP contribution in [0, 0.1) is 0 Å². The summed E-state index contributed by atoms with van der Waals surface area (Å²) in [5.41, 5.74) is 2.23. The van der Waals surface area contributed by atoms with Crippen molar-refractivity contribution in [1.82, 2.24) is 61.3 Å². The minimum atomic E-state index is 0.888. The van der Waals surface area contributed by atoms with Gasteiger partial charge in [-0.3, -0.25) is 29.8 Å². The van der Waals surface area contributed by atoms with Crippen molar-refractivity contribution in [2.24, 2.45) is 0 Å². The Morgan fingerprint density at radius 1 is 0.474 bits per heavy atom. The highest BCUT2D eigenvalue weighted by Gasteiger charge is 2.14. The first-order chi connectivity index (χ1) is 18.8. The molecule has 214 valence electrons. The van der Waals surface area contributed by atoms with Crippen molar-refractivity contribution < 1.29 is 0 Å². The fraction of sp³-hybridized carbons (Fsp3) is 0.769. The van der Waals surface area contributed by atoms with Gasteiger partial charge in [0, 0.05) is 143 Å². The van der Waals surface area contributed by atoms with E-state index in [1.54, 1.807) is 0 Å². The lowest BCUT2D eigenvalue weighted by atomic mass is 10.3. The van der Waals surface area contributed by atoms with Crippen LogP contribution in [0.4, 0.5) is 0 Å². The molecule has 38 heavy (non-hydrogen) atoms. The minimum absolute atomic E-state index is 0.888. The van der Waals surface area contributed by atoms with Gasteiger partial charge in [0.05, 0.1) is 11.4 Å². The van der Waals surface area contributed by atoms with Crippen LogP contribution in [0.5, 0.6) is 0 Å². The van der Waals surface area contributed by atoms with E-state index in [0.29, 0.717) is 0 Å². The number of hydrogen-bond donors (Lipinski definition) is 6. The molecule has 0 aliphatic carbocycles. The van der Waals surface area contributed by atoms with Gasteiger partial charge in [0.1, 0.15) is 0 Å². The third-order valence-corrected chi connectivity index (χ3v) is 7.46. The fourth-order valence-electron chi connectivity index (χ4n) is 5.09. The molecule has 5 heterocycles. The zero-order chi connectivity index (χ0) is 26.1. The number of aromatic amines is 2. The van der Waals surface area contributed by atoms with Crippen LogP contribution in [-0.2, 0) is 13.1 Å². The Labute approximate surface area is 228 Å². The topological polar surface area (TPSA) is 118 Å². The predicted octanol–water partition coefficient (Wildman–Crippen LogP) is -1.57. The second kappa shape index (κ2) is 17.6. The van der Waals surface area contributed by atoms with Gasteiger partial charge < -0.3 is 21.3 Å². The number of nitrogens with zero attached hydrogens (tertiary/aromatic N) is 6. The lowest BCUT2D eigenvalue weighted by Crippen LogP contribution is -2.46. The first kappa shape index (κ1) is 29.1. The Morgan fingerprint density at radius 2 is 0.868 bits per heavy atom. The average molecular weight is 531 g/mol. The molecule has 2 atom stereocenters. The summed E-state index contributed by atoms with van der Waals surface area (Å²) in [6.45, 7) is 20.3. The molecule has 0 radical (unpaired) electrons. The van der Waals surface area contributed by atoms with Crippen LogP contribution in [-0.4, -0.2) is 158 Å². The molecule has 3 aliphatic heterocycles. The molecule has 0 spiro atoms. The quantitative estimate of drug-likeness (QED) is 0.277. The highest BCUT2D eigenvalue weighted by atomic mass is 15.2. The second-order valence-corrected chi connectivity index (χ2v) is 10.4. The molecule has 0 amide bonds. The Morgan fingerprint density at radius 3 is 1.26 bits per heavy atom. The van der Waals surface area contributed by atoms with Crippen molar-refractivity contribution in [3.8, 4) is 0 Å². The maximum atomic E-state index is 4.41. The Balaban J connectivity index is 1.41. The maximum Gasteiger partial charge on any atom is 0.0762 e. The lowest BCUT2D eigenvalue weighted by molar-refractivity contribution is 0.182. The van der Waals surface area contributed by atoms with Crippen molar-refractivity contribution in [1.29, 1.82) is 0 Å². The summed E-state index contributed by atoms with van der Waals surface area (Å²) in [7, 11) is 0. The molecule has 2 aromatic rings. The van der Waals surface area contributed by atoms with Gasteiger partial charge in [-0.1, -0.05) is 0 Å². The summed E-state index contributed by atoms with van der Waals surface area (Å²) >= 11 is 0. The van der Waals surface area contributed by atoms with Crippen LogP contribution in [0.15, 0.2) is 24.5 Å². The number of fused-ring (bicyclic) bond motifs is 21. The van der Waals surface area contributed by atoms with Crippen molar-refractivity contribution >= 4 is 0 Å². The first-order valence-corrected chi connectivity index (χ1v) is 14.5. The first-order valence-electron chi connectivity index (χ1n) is 14.5. The van der Waals surface area contributed by atoms with Gasteiger partial charge in [-0.2, -0.15) is 10.2 Å². The van der Waals surface area contributed by atoms with Crippen molar-refractivity contribution in [2.75, 3.05) is 118 Å². The van der Waals surface area contributed by atoms with Crippen molar-refractivity contribution in [3.05, 3.63) is 35.9 Å². The van der Waals surface area contributed by atoms with Crippen LogP contribution in [0.25, 0.3) is 0 Å². The van der Waals surface area contributed by atoms with E-state index in [1.165, 1.54) is 0 Å². The zero-order valence-corrected chi connectivity index (χ0v) is 23.1. The van der Waals surface area contributed by atoms with E-state index in [1.807, 2.05) is 12.4 Å². The molecule has 2 unspecified atom stereocenters. The molecule has 5 rings (SSSR count). The molecule has 3 fully saturated rings. The molecule has 2 aromatic heterocycles. The maximum absolute atomic E-state index is 4.41. The molecular weight excluding hydrogens is 480 g/mol. The van der Waals surface area contributed by atoms with E-state index >= 15 is 0 Å². The molecular formula is C26H50N12. The molecule has 12 nitrogen and oxygen atoms in total. The van der Waals surface area contributed by atoms with E-state index in [4.69, 9.17) is 0 Å². The average Bonchev–Trinajstić information content (AvgIpc) is 3.63. The van der Waals surface area contributed by atoms with Gasteiger partial charge in [0.15, 0.2) is 0 Å². The van der Waals surface area contributed by atoms with Gasteiger partial charge in [-0.25, -0.2) is 0 Å². The largest absolute Gasteiger partial charge is 0.314 e. The third kappa shape index (κ3) is 11.5. The summed E-state index contributed by atoms with van der Waals surface area (Å²) in [4.78, 5) is 10.3. The normalized spacial score (nSPS) is 25.7. The van der Waals surface area contributed by atoms with Gasteiger partial charge in [-0.15, -0.1) is 0 Å². The SMILES string of the molecule is c1cc(CN2CCNCCN3CCNCCNCCN(CCNCCN(Cc4cc[nH]n4)CC3)CC2)n[nH]1. The Kier molecular flexibility index (Phi) is 13.5. The van der Waals surface area contributed by atoms with Gasteiger partial charge >= 0.3 is 0 Å². The molecule has 12 heteroatoms. The van der Waals surface area contributed by atoms with Crippen LogP contribution >= 0.6 is 0 Å². The highest BCUT2D eigenvalue weighted by Crippen LogP contribution is 2.03. The minimum Gasteiger partial charge on any atom is -0.314 e. The summed E-state index contributed by atoms with van der Waals surface area (Å²) in [5, 5.41) is 29.5. The lowest BCUT2D eigenvalue weighted by Gasteiger charge is -2.30. The van der Waals surface area contributed by atoms with Crippen molar-refractivity contribution in [3.63, 3.8) is 0 Å². The summed E-state index contributed by atoms with van der Waals surface area (Å²) in [6.07, 6.45) is 3.84. The van der Waals surface area contributed by atoms with Gasteiger partial charge in [-0.05, 0) is 12.1 Å². The van der Waals surface area contributed by atoms with E-state index in [0.717, 1.165) is 142 Å². The fourth-order valence-corrected chi connectivity index (χ4v) is 5.09. The van der Waals surface area contributed by atoms with Crippen LogP contribution in [0.1, 0.15) is 11.4 Å². The van der Waals surface area contributed by atoms with Crippen molar-refractivity contribution in [2.45, 2.75) is 13.1 Å². The number of rotatable bonds is 4. The molecule has 3 aliphatic rings. The molecule has 0 saturated carbocycles. The standard InChI is InChI=1S/C26H50N12/c1-3-31-33-25(1)23-37-17-11-29-9-16-36-14-8-28-6-5-27-7-13-35(19-21-37)15-10-30-12-18-38(22-20-36)24-26-2-4-32-34-26/h1-4,27-30H,5-24H2,(H,31,33)(H,32,34). The summed E-state index contributed by atoms with van der Waals surface area (Å²) in [5.74, 6) is 0. The van der Waals surface area contributed by atoms with Crippen LogP contribution in [0.2, 0.25) is 0 Å². The number of nitrogens with one attached hydrogen (secondary N) is 6. The highest BCUT2D eigenvalue weighted by molar-refractivity contribution is 4.98. The molecule has 0 aromatic carbocycles. The van der Waals surface area contributed by atoms with E-state index in [2.05, 4.69) is 73.4 Å². The number of aromatic nitrogens is 4. The molecule has 3 saturated heterocycles. The van der Waals surface area contributed by atoms with Gasteiger partial charge in [0.25, 0.3) is 0 Å². The third-order valence-electron chi connectivity index (χ3n) is 7.46. The number of hydrogen-bond acceptors (Lipinski definition) is 10. The smallest absolute Gasteiger partial charge is 0.0762 e. The monoisotopic (exact) mass is 530 g/mol. The van der Waals surface area contributed by atoms with Crippen LogP contribution < -0.4 is 21.3 Å². The summed E-state index contributed by atoms with van der Waals surface area (Å²) in [6, 6.07) is 4.18. The second-order valence-electron chi connectivity index (χ2n) is 10.4. The molecule has 6 N–H and O–H groups in total.